The number of benzene rings is 1. The Morgan fingerprint density at radius 2 is 1.93 bits per heavy atom. The molecule has 166 valence electrons. The second-order valence-corrected chi connectivity index (χ2v) is 7.81. The van der Waals surface area contributed by atoms with E-state index in [1.54, 1.807) is 0 Å². The minimum atomic E-state index is 0. The molecule has 1 aliphatic carbocycles. The van der Waals surface area contributed by atoms with Gasteiger partial charge >= 0.3 is 0 Å². The molecule has 1 aromatic carbocycles. The van der Waals surface area contributed by atoms with E-state index in [2.05, 4.69) is 46.6 Å². The van der Waals surface area contributed by atoms with Crippen molar-refractivity contribution < 1.29 is 4.74 Å². The summed E-state index contributed by atoms with van der Waals surface area (Å²) in [7, 11) is 0. The molecule has 1 aromatic heterocycles. The third-order valence-electron chi connectivity index (χ3n) is 5.72. The maximum absolute atomic E-state index is 5.63. The van der Waals surface area contributed by atoms with Gasteiger partial charge in [-0.25, -0.2) is 9.98 Å². The van der Waals surface area contributed by atoms with Crippen molar-refractivity contribution in [1.29, 1.82) is 0 Å². The highest BCUT2D eigenvalue weighted by Gasteiger charge is 2.33. The number of guanidine groups is 1. The predicted molar refractivity (Wildman–Crippen MR) is 134 cm³/mol. The molecule has 2 aromatic rings. The number of rotatable bonds is 10. The largest absolute Gasteiger partial charge is 0.382 e. The molecule has 3 rings (SSSR count). The number of aromatic nitrogens is 2. The van der Waals surface area contributed by atoms with Gasteiger partial charge in [-0.3, -0.25) is 0 Å². The number of H-pyrrole nitrogens is 1. The van der Waals surface area contributed by atoms with E-state index in [9.17, 15) is 0 Å². The molecule has 0 spiro atoms. The second-order valence-electron chi connectivity index (χ2n) is 7.81. The van der Waals surface area contributed by atoms with E-state index in [1.807, 2.05) is 24.4 Å². The Morgan fingerprint density at radius 1 is 1.17 bits per heavy atom. The number of aromatic amines is 1. The molecule has 1 saturated carbocycles. The first-order valence-electron chi connectivity index (χ1n) is 10.9. The standard InChI is InChI=1S/C23H35N5O.HI/c1-3-24-22(27-18-23(12-8-9-13-23)14-15-29-4-2)26-17-21-25-16-20(28-21)19-10-6-5-7-11-19;/h5-7,10-11,16H,3-4,8-9,12-15,17-18H2,1-2H3,(H,25,28)(H2,24,26,27);1H. The molecule has 0 unspecified atom stereocenters. The normalized spacial score (nSPS) is 15.6. The summed E-state index contributed by atoms with van der Waals surface area (Å²) in [4.78, 5) is 12.6. The molecule has 3 N–H and O–H groups in total. The number of ether oxygens (including phenoxy) is 1. The van der Waals surface area contributed by atoms with E-state index in [0.29, 0.717) is 12.0 Å². The number of aliphatic imine (C=N–C) groups is 1. The van der Waals surface area contributed by atoms with E-state index < -0.39 is 0 Å². The van der Waals surface area contributed by atoms with E-state index in [1.165, 1.54) is 25.7 Å². The second kappa shape index (κ2) is 12.9. The predicted octanol–water partition coefficient (Wildman–Crippen LogP) is 4.74. The Kier molecular flexibility index (Phi) is 10.6. The van der Waals surface area contributed by atoms with Gasteiger partial charge in [-0.05, 0) is 44.1 Å². The van der Waals surface area contributed by atoms with Crippen molar-refractivity contribution >= 4 is 29.9 Å². The average molecular weight is 525 g/mol. The summed E-state index contributed by atoms with van der Waals surface area (Å²) in [6.45, 7) is 8.10. The molecule has 1 fully saturated rings. The fraction of sp³-hybridized carbons (Fsp3) is 0.565. The highest BCUT2D eigenvalue weighted by Crippen LogP contribution is 2.40. The zero-order chi connectivity index (χ0) is 20.4. The van der Waals surface area contributed by atoms with E-state index in [4.69, 9.17) is 9.73 Å². The van der Waals surface area contributed by atoms with Gasteiger partial charge in [0, 0.05) is 26.3 Å². The molecule has 0 amide bonds. The third kappa shape index (κ3) is 7.27. The molecule has 1 aliphatic rings. The lowest BCUT2D eigenvalue weighted by molar-refractivity contribution is 0.105. The lowest BCUT2D eigenvalue weighted by Crippen LogP contribution is -2.43. The highest BCUT2D eigenvalue weighted by atomic mass is 127. The van der Waals surface area contributed by atoms with Crippen LogP contribution in [-0.2, 0) is 11.3 Å². The Bertz CT molecular complexity index is 756. The Morgan fingerprint density at radius 3 is 2.63 bits per heavy atom. The van der Waals surface area contributed by atoms with Crippen LogP contribution in [0, 0.1) is 5.41 Å². The third-order valence-corrected chi connectivity index (χ3v) is 5.72. The number of imidazole rings is 1. The quantitative estimate of drug-likeness (QED) is 0.181. The SMILES string of the molecule is CCNC(=NCc1ncc(-c2ccccc2)[nH]1)NCC1(CCOCC)CCCC1.I. The number of hydrogen-bond acceptors (Lipinski definition) is 3. The fourth-order valence-corrected chi connectivity index (χ4v) is 4.05. The van der Waals surface area contributed by atoms with Gasteiger partial charge < -0.3 is 20.4 Å². The summed E-state index contributed by atoms with van der Waals surface area (Å²) in [5.41, 5.74) is 2.49. The highest BCUT2D eigenvalue weighted by molar-refractivity contribution is 14.0. The molecule has 7 heteroatoms. The Labute approximate surface area is 197 Å². The number of hydrogen-bond donors (Lipinski definition) is 3. The lowest BCUT2D eigenvalue weighted by atomic mass is 9.83. The van der Waals surface area contributed by atoms with Crippen LogP contribution in [0.3, 0.4) is 0 Å². The molecule has 0 saturated heterocycles. The smallest absolute Gasteiger partial charge is 0.191 e. The van der Waals surface area contributed by atoms with Crippen LogP contribution < -0.4 is 10.6 Å². The van der Waals surface area contributed by atoms with Crippen LogP contribution in [-0.4, -0.2) is 42.2 Å². The topological polar surface area (TPSA) is 74.3 Å². The molecule has 0 bridgehead atoms. The summed E-state index contributed by atoms with van der Waals surface area (Å²) in [5, 5.41) is 6.95. The first kappa shape index (κ1) is 24.7. The van der Waals surface area contributed by atoms with E-state index in [0.717, 1.165) is 55.8 Å². The van der Waals surface area contributed by atoms with Crippen LogP contribution in [0.2, 0.25) is 0 Å². The van der Waals surface area contributed by atoms with Gasteiger partial charge in [-0.2, -0.15) is 0 Å². The van der Waals surface area contributed by atoms with Gasteiger partial charge in [0.2, 0.25) is 0 Å². The minimum Gasteiger partial charge on any atom is -0.382 e. The van der Waals surface area contributed by atoms with Crippen molar-refractivity contribution in [3.8, 4) is 11.3 Å². The molecule has 0 atom stereocenters. The van der Waals surface area contributed by atoms with Gasteiger partial charge in [-0.1, -0.05) is 43.2 Å². The molecular formula is C23H36IN5O. The maximum Gasteiger partial charge on any atom is 0.191 e. The van der Waals surface area contributed by atoms with Gasteiger partial charge in [0.25, 0.3) is 0 Å². The number of halogens is 1. The summed E-state index contributed by atoms with van der Waals surface area (Å²) < 4.78 is 5.63. The molecule has 1 heterocycles. The van der Waals surface area contributed by atoms with Gasteiger partial charge in [0.05, 0.1) is 11.9 Å². The monoisotopic (exact) mass is 525 g/mol. The summed E-state index contributed by atoms with van der Waals surface area (Å²) >= 11 is 0. The van der Waals surface area contributed by atoms with Crippen molar-refractivity contribution in [2.24, 2.45) is 10.4 Å². The summed E-state index contributed by atoms with van der Waals surface area (Å²) in [6.07, 6.45) is 8.16. The number of nitrogens with one attached hydrogen (secondary N) is 3. The van der Waals surface area contributed by atoms with Crippen molar-refractivity contribution in [3.05, 3.63) is 42.4 Å². The van der Waals surface area contributed by atoms with Gasteiger partial charge in [-0.15, -0.1) is 24.0 Å². The van der Waals surface area contributed by atoms with Crippen LogP contribution in [0.25, 0.3) is 11.3 Å². The van der Waals surface area contributed by atoms with Crippen LogP contribution in [0.5, 0.6) is 0 Å². The van der Waals surface area contributed by atoms with Crippen molar-refractivity contribution in [1.82, 2.24) is 20.6 Å². The van der Waals surface area contributed by atoms with Crippen LogP contribution in [0.1, 0.15) is 51.8 Å². The number of nitrogens with zero attached hydrogens (tertiary/aromatic N) is 2. The summed E-state index contributed by atoms with van der Waals surface area (Å²) in [5.74, 6) is 1.72. The first-order chi connectivity index (χ1) is 14.2. The maximum atomic E-state index is 5.63. The van der Waals surface area contributed by atoms with Crippen LogP contribution in [0.4, 0.5) is 0 Å². The Balaban J connectivity index is 0.00000320. The van der Waals surface area contributed by atoms with Crippen LogP contribution in [0.15, 0.2) is 41.5 Å². The van der Waals surface area contributed by atoms with E-state index in [-0.39, 0.29) is 24.0 Å². The van der Waals surface area contributed by atoms with Crippen molar-refractivity contribution in [2.45, 2.75) is 52.5 Å². The van der Waals surface area contributed by atoms with Gasteiger partial charge in [0.1, 0.15) is 12.4 Å². The first-order valence-corrected chi connectivity index (χ1v) is 10.9. The average Bonchev–Trinajstić information content (AvgIpc) is 3.41. The summed E-state index contributed by atoms with van der Waals surface area (Å²) in [6, 6.07) is 10.2. The fourth-order valence-electron chi connectivity index (χ4n) is 4.05. The minimum absolute atomic E-state index is 0. The molecule has 6 nitrogen and oxygen atoms in total. The van der Waals surface area contributed by atoms with Gasteiger partial charge in [0.15, 0.2) is 5.96 Å². The Hall–Kier alpha value is -1.61. The van der Waals surface area contributed by atoms with Crippen molar-refractivity contribution in [2.75, 3.05) is 26.3 Å². The zero-order valence-electron chi connectivity index (χ0n) is 18.2. The zero-order valence-corrected chi connectivity index (χ0v) is 20.6. The van der Waals surface area contributed by atoms with E-state index >= 15 is 0 Å². The molecule has 0 radical (unpaired) electrons. The lowest BCUT2D eigenvalue weighted by Gasteiger charge is -2.30. The molecule has 0 aliphatic heterocycles. The molecule has 30 heavy (non-hydrogen) atoms. The van der Waals surface area contributed by atoms with Crippen molar-refractivity contribution in [3.63, 3.8) is 0 Å². The van der Waals surface area contributed by atoms with Crippen LogP contribution >= 0.6 is 24.0 Å². The molecular weight excluding hydrogens is 489 g/mol.